The Morgan fingerprint density at radius 3 is 0.524 bits per heavy atom. The number of unbranched alkanes of at least 4 members (excludes halogenated alkanes) is 44. The lowest BCUT2D eigenvalue weighted by molar-refractivity contribution is 0.258. The molecule has 0 spiro atoms. The van der Waals surface area contributed by atoms with E-state index in [1.807, 2.05) is 12.1 Å². The predicted molar refractivity (Wildman–Crippen MR) is 355 cm³/mol. The molecule has 0 aliphatic rings. The Kier molecular flexibility index (Phi) is 41.3. The van der Waals surface area contributed by atoms with Crippen molar-refractivity contribution in [1.29, 1.82) is 10.5 Å². The third-order valence-corrected chi connectivity index (χ3v) is 17.5. The van der Waals surface area contributed by atoms with Crippen LogP contribution in [0.25, 0.3) is 32.3 Å². The van der Waals surface area contributed by atoms with E-state index in [2.05, 4.69) is 64.1 Å². The Bertz CT molecular complexity index is 2150. The zero-order chi connectivity index (χ0) is 58.2. The van der Waals surface area contributed by atoms with Crippen LogP contribution in [0.15, 0.2) is 36.4 Å². The van der Waals surface area contributed by atoms with Gasteiger partial charge in [0.15, 0.2) is 23.0 Å². The van der Waals surface area contributed by atoms with Crippen LogP contribution in [0.3, 0.4) is 0 Å². The second-order valence-electron chi connectivity index (χ2n) is 24.8. The summed E-state index contributed by atoms with van der Waals surface area (Å²) in [6.07, 6.45) is 62.4. The molecule has 6 heteroatoms. The van der Waals surface area contributed by atoms with Crippen molar-refractivity contribution in [3.63, 3.8) is 0 Å². The average molecular weight is 1130 g/mol. The maximum atomic E-state index is 10.4. The standard InChI is InChI=1S/C76H122N2O4/c1-5-9-13-17-21-25-29-33-37-41-45-49-53-79-73-59-69-67-57-65(63-77)66(64-78)58-68(67)70-60-74(80-54-50-46-42-38-34-30-26-22-18-14-10-6-2)76(82-56-52-48-44-40-36-32-28-24-20-16-12-8-4)62-72(70)71(69)61-75(73)81-55-51-47-43-39-35-31-27-23-19-15-11-7-3/h57-62H,5-56H2,1-4H3. The number of fused-ring (bicyclic) bond motifs is 6. The molecule has 0 atom stereocenters. The molecule has 460 valence electrons. The first-order valence-corrected chi connectivity index (χ1v) is 35.5. The summed E-state index contributed by atoms with van der Waals surface area (Å²) >= 11 is 0. The van der Waals surface area contributed by atoms with Crippen LogP contribution >= 0.6 is 0 Å². The first-order chi connectivity index (χ1) is 40.6. The quantitative estimate of drug-likeness (QED) is 0.0323. The fourth-order valence-corrected chi connectivity index (χ4v) is 12.2. The summed E-state index contributed by atoms with van der Waals surface area (Å²) in [6, 6.07) is 17.2. The van der Waals surface area contributed by atoms with Gasteiger partial charge in [0.25, 0.3) is 0 Å². The number of ether oxygens (including phenoxy) is 4. The summed E-state index contributed by atoms with van der Waals surface area (Å²) in [6.45, 7) is 11.7. The van der Waals surface area contributed by atoms with Crippen molar-refractivity contribution in [3.05, 3.63) is 47.5 Å². The van der Waals surface area contributed by atoms with E-state index in [0.29, 0.717) is 37.6 Å². The van der Waals surface area contributed by atoms with E-state index in [0.717, 1.165) is 107 Å². The Hall–Kier alpha value is -4.16. The lowest BCUT2D eigenvalue weighted by atomic mass is 9.91. The van der Waals surface area contributed by atoms with Crippen LogP contribution in [0.2, 0.25) is 0 Å². The number of benzene rings is 4. The molecular formula is C76H122N2O4. The van der Waals surface area contributed by atoms with Gasteiger partial charge in [-0.2, -0.15) is 10.5 Å². The number of rotatable bonds is 56. The monoisotopic (exact) mass is 1130 g/mol. The molecule has 0 aromatic heterocycles. The van der Waals surface area contributed by atoms with E-state index < -0.39 is 0 Å². The molecule has 0 fully saturated rings. The highest BCUT2D eigenvalue weighted by atomic mass is 16.5. The largest absolute Gasteiger partial charge is 0.490 e. The second-order valence-corrected chi connectivity index (χ2v) is 24.8. The van der Waals surface area contributed by atoms with Crippen molar-refractivity contribution >= 4 is 32.3 Å². The van der Waals surface area contributed by atoms with Gasteiger partial charge in [-0.15, -0.1) is 0 Å². The minimum Gasteiger partial charge on any atom is -0.490 e. The van der Waals surface area contributed by atoms with Gasteiger partial charge in [-0.1, -0.05) is 310 Å². The normalized spacial score (nSPS) is 11.5. The van der Waals surface area contributed by atoms with Crippen molar-refractivity contribution in [2.45, 2.75) is 336 Å². The highest BCUT2D eigenvalue weighted by Gasteiger charge is 2.20. The van der Waals surface area contributed by atoms with Gasteiger partial charge in [0.1, 0.15) is 12.1 Å². The predicted octanol–water partition coefficient (Wildman–Crippen LogP) is 25.2. The van der Waals surface area contributed by atoms with E-state index in [9.17, 15) is 10.5 Å². The molecule has 0 aliphatic heterocycles. The lowest BCUT2D eigenvalue weighted by Gasteiger charge is -2.19. The maximum absolute atomic E-state index is 10.4. The molecule has 0 heterocycles. The van der Waals surface area contributed by atoms with Gasteiger partial charge in [0, 0.05) is 0 Å². The number of nitriles is 2. The van der Waals surface area contributed by atoms with Crippen molar-refractivity contribution in [2.75, 3.05) is 26.4 Å². The van der Waals surface area contributed by atoms with Crippen LogP contribution in [0.1, 0.15) is 347 Å². The number of hydrogen-bond donors (Lipinski definition) is 0. The number of hydrogen-bond acceptors (Lipinski definition) is 6. The molecular weight excluding hydrogens is 1000 g/mol. The first-order valence-electron chi connectivity index (χ1n) is 35.5. The second kappa shape index (κ2) is 48.1. The average Bonchev–Trinajstić information content (AvgIpc) is 1.65. The third-order valence-electron chi connectivity index (χ3n) is 17.5. The molecule has 4 rings (SSSR count). The van der Waals surface area contributed by atoms with E-state index in [1.165, 1.54) is 257 Å². The molecule has 82 heavy (non-hydrogen) atoms. The third kappa shape index (κ3) is 29.6. The Balaban J connectivity index is 1.57. The lowest BCUT2D eigenvalue weighted by Crippen LogP contribution is -2.04. The molecule has 0 unspecified atom stereocenters. The van der Waals surface area contributed by atoms with E-state index in [-0.39, 0.29) is 0 Å². The summed E-state index contributed by atoms with van der Waals surface area (Å²) < 4.78 is 27.1. The molecule has 0 N–H and O–H groups in total. The van der Waals surface area contributed by atoms with Gasteiger partial charge < -0.3 is 18.9 Å². The minimum absolute atomic E-state index is 0.382. The highest BCUT2D eigenvalue weighted by Crippen LogP contribution is 2.45. The highest BCUT2D eigenvalue weighted by molar-refractivity contribution is 6.26. The van der Waals surface area contributed by atoms with Crippen molar-refractivity contribution < 1.29 is 18.9 Å². The van der Waals surface area contributed by atoms with Gasteiger partial charge in [-0.25, -0.2) is 0 Å². The Morgan fingerprint density at radius 2 is 0.366 bits per heavy atom. The van der Waals surface area contributed by atoms with Crippen LogP contribution in [0.4, 0.5) is 0 Å². The van der Waals surface area contributed by atoms with E-state index in [4.69, 9.17) is 18.9 Å². The van der Waals surface area contributed by atoms with Crippen LogP contribution in [0, 0.1) is 22.7 Å². The van der Waals surface area contributed by atoms with Gasteiger partial charge in [-0.3, -0.25) is 0 Å². The fraction of sp³-hybridized carbons (Fsp3) is 0.737. The van der Waals surface area contributed by atoms with Gasteiger partial charge >= 0.3 is 0 Å². The van der Waals surface area contributed by atoms with E-state index >= 15 is 0 Å². The van der Waals surface area contributed by atoms with Crippen molar-refractivity contribution in [2.24, 2.45) is 0 Å². The zero-order valence-corrected chi connectivity index (χ0v) is 53.8. The van der Waals surface area contributed by atoms with Crippen molar-refractivity contribution in [3.8, 4) is 35.1 Å². The summed E-state index contributed by atoms with van der Waals surface area (Å²) in [5.74, 6) is 3.05. The van der Waals surface area contributed by atoms with Crippen LogP contribution in [0.5, 0.6) is 23.0 Å². The van der Waals surface area contributed by atoms with Crippen LogP contribution in [-0.2, 0) is 0 Å². The van der Waals surface area contributed by atoms with Gasteiger partial charge in [0.05, 0.1) is 37.6 Å². The molecule has 0 amide bonds. The SMILES string of the molecule is CCCCCCCCCCCCCCOc1cc2c3cc(C#N)c(C#N)cc3c3cc(OCCCCCCCCCCCCCC)c(OCCCCCCCCCCCCCC)cc3c2cc1OCCCCCCCCCCCCCC. The van der Waals surface area contributed by atoms with Crippen molar-refractivity contribution in [1.82, 2.24) is 0 Å². The molecule has 4 aromatic carbocycles. The molecule has 0 saturated carbocycles. The van der Waals surface area contributed by atoms with E-state index in [1.54, 1.807) is 0 Å². The summed E-state index contributed by atoms with van der Waals surface area (Å²) in [7, 11) is 0. The molecule has 0 saturated heterocycles. The molecule has 0 bridgehead atoms. The van der Waals surface area contributed by atoms with Gasteiger partial charge in [0.2, 0.25) is 0 Å². The maximum Gasteiger partial charge on any atom is 0.161 e. The molecule has 4 aromatic rings. The summed E-state index contributed by atoms with van der Waals surface area (Å²) in [5, 5.41) is 26.7. The number of nitrogens with zero attached hydrogens (tertiary/aromatic N) is 2. The minimum atomic E-state index is 0.382. The molecule has 0 aliphatic carbocycles. The fourth-order valence-electron chi connectivity index (χ4n) is 12.2. The topological polar surface area (TPSA) is 84.5 Å². The molecule has 0 radical (unpaired) electrons. The van der Waals surface area contributed by atoms with Crippen LogP contribution < -0.4 is 18.9 Å². The smallest absolute Gasteiger partial charge is 0.161 e. The summed E-state index contributed by atoms with van der Waals surface area (Å²) in [4.78, 5) is 0. The summed E-state index contributed by atoms with van der Waals surface area (Å²) in [5.41, 5.74) is 0.764. The Labute approximate surface area is 504 Å². The Morgan fingerprint density at radius 1 is 0.220 bits per heavy atom. The molecule has 6 nitrogen and oxygen atoms in total. The first kappa shape index (κ1) is 70.3. The van der Waals surface area contributed by atoms with Crippen LogP contribution in [-0.4, -0.2) is 26.4 Å². The zero-order valence-electron chi connectivity index (χ0n) is 53.8. The van der Waals surface area contributed by atoms with Gasteiger partial charge in [-0.05, 0) is 94.4 Å².